The number of ether oxygens (including phenoxy) is 2. The lowest BCUT2D eigenvalue weighted by atomic mass is 10.1. The molecule has 0 saturated carbocycles. The predicted octanol–water partition coefficient (Wildman–Crippen LogP) is 0.700. The minimum absolute atomic E-state index is 0.0641. The smallest absolute Gasteiger partial charge is 0.226 e. The minimum Gasteiger partial charge on any atom is -0.470 e. The van der Waals surface area contributed by atoms with Crippen LogP contribution in [0.25, 0.3) is 0 Å². The first-order valence-corrected chi connectivity index (χ1v) is 7.23. The Bertz CT molecular complexity index is 588. The average molecular weight is 302 g/mol. The van der Waals surface area contributed by atoms with E-state index in [1.807, 2.05) is 12.1 Å². The van der Waals surface area contributed by atoms with Crippen molar-refractivity contribution >= 4 is 5.91 Å². The van der Waals surface area contributed by atoms with E-state index in [-0.39, 0.29) is 24.5 Å². The Morgan fingerprint density at radius 2 is 2.45 bits per heavy atom. The maximum Gasteiger partial charge on any atom is 0.226 e. The number of H-pyrrole nitrogens is 1. The maximum absolute atomic E-state index is 12.1. The van der Waals surface area contributed by atoms with Crippen molar-refractivity contribution in [3.8, 4) is 5.88 Å². The summed E-state index contributed by atoms with van der Waals surface area (Å²) < 4.78 is 11.3. The fourth-order valence-corrected chi connectivity index (χ4v) is 2.38. The summed E-state index contributed by atoms with van der Waals surface area (Å²) in [7, 11) is 0. The lowest BCUT2D eigenvalue weighted by Crippen LogP contribution is -2.51. The van der Waals surface area contributed by atoms with Crippen molar-refractivity contribution in [2.45, 2.75) is 25.0 Å². The van der Waals surface area contributed by atoms with Gasteiger partial charge < -0.3 is 19.8 Å². The van der Waals surface area contributed by atoms with Gasteiger partial charge in [-0.25, -0.2) is 9.97 Å². The number of hydrogen-bond acceptors (Lipinski definition) is 5. The summed E-state index contributed by atoms with van der Waals surface area (Å²) in [5.41, 5.74) is 0.784. The predicted molar refractivity (Wildman–Crippen MR) is 78.3 cm³/mol. The second kappa shape index (κ2) is 7.04. The molecule has 2 atom stereocenters. The third-order valence-corrected chi connectivity index (χ3v) is 3.47. The molecule has 0 bridgehead atoms. The van der Waals surface area contributed by atoms with E-state index in [1.165, 1.54) is 0 Å². The quantitative estimate of drug-likeness (QED) is 0.848. The lowest BCUT2D eigenvalue weighted by molar-refractivity contribution is -0.123. The number of carbonyl (C=O) groups is 1. The number of carbonyl (C=O) groups excluding carboxylic acids is 1. The van der Waals surface area contributed by atoms with Gasteiger partial charge in [-0.3, -0.25) is 4.79 Å². The zero-order chi connectivity index (χ0) is 15.2. The summed E-state index contributed by atoms with van der Waals surface area (Å²) in [6, 6.07) is 5.38. The number of pyridine rings is 1. The highest BCUT2D eigenvalue weighted by Crippen LogP contribution is 2.15. The monoisotopic (exact) mass is 302 g/mol. The number of imidazole rings is 1. The van der Waals surface area contributed by atoms with Gasteiger partial charge in [-0.2, -0.15) is 0 Å². The number of rotatable bonds is 5. The zero-order valence-electron chi connectivity index (χ0n) is 12.1. The van der Waals surface area contributed by atoms with Crippen molar-refractivity contribution in [2.75, 3.05) is 13.2 Å². The van der Waals surface area contributed by atoms with Crippen LogP contribution in [0.2, 0.25) is 0 Å². The van der Waals surface area contributed by atoms with Crippen LogP contribution < -0.4 is 10.1 Å². The van der Waals surface area contributed by atoms with Gasteiger partial charge in [0.25, 0.3) is 0 Å². The Hall–Kier alpha value is -2.41. The van der Waals surface area contributed by atoms with Crippen LogP contribution in [0.1, 0.15) is 12.1 Å². The van der Waals surface area contributed by atoms with Gasteiger partial charge in [-0.05, 0) is 12.5 Å². The van der Waals surface area contributed by atoms with Crippen LogP contribution in [-0.2, 0) is 16.0 Å². The number of amides is 1. The molecule has 0 unspecified atom stereocenters. The van der Waals surface area contributed by atoms with Crippen molar-refractivity contribution in [3.63, 3.8) is 0 Å². The molecule has 22 heavy (non-hydrogen) atoms. The molecule has 0 aromatic carbocycles. The van der Waals surface area contributed by atoms with Crippen LogP contribution in [0.3, 0.4) is 0 Å². The first-order valence-electron chi connectivity index (χ1n) is 7.23. The van der Waals surface area contributed by atoms with Gasteiger partial charge in [-0.1, -0.05) is 6.07 Å². The van der Waals surface area contributed by atoms with Gasteiger partial charge in [0.05, 0.1) is 25.4 Å². The zero-order valence-corrected chi connectivity index (χ0v) is 12.1. The highest BCUT2D eigenvalue weighted by atomic mass is 16.5. The van der Waals surface area contributed by atoms with E-state index in [4.69, 9.17) is 9.47 Å². The van der Waals surface area contributed by atoms with Crippen LogP contribution in [0.4, 0.5) is 0 Å². The fraction of sp³-hybridized carbons (Fsp3) is 0.400. The molecule has 7 nitrogen and oxygen atoms in total. The summed E-state index contributed by atoms with van der Waals surface area (Å²) >= 11 is 0. The van der Waals surface area contributed by atoms with E-state index in [1.54, 1.807) is 24.8 Å². The summed E-state index contributed by atoms with van der Waals surface area (Å²) in [4.78, 5) is 23.1. The summed E-state index contributed by atoms with van der Waals surface area (Å²) in [6.07, 6.45) is 5.62. The Balaban J connectivity index is 1.58. The number of aromatic amines is 1. The van der Waals surface area contributed by atoms with Gasteiger partial charge in [0.2, 0.25) is 11.8 Å². The Kier molecular flexibility index (Phi) is 4.65. The third kappa shape index (κ3) is 3.82. The van der Waals surface area contributed by atoms with Crippen LogP contribution in [0, 0.1) is 0 Å². The molecule has 1 aliphatic heterocycles. The molecule has 1 aliphatic rings. The van der Waals surface area contributed by atoms with Crippen LogP contribution in [0.5, 0.6) is 5.88 Å². The van der Waals surface area contributed by atoms with E-state index in [0.29, 0.717) is 25.5 Å². The molecule has 1 amide bonds. The molecular weight excluding hydrogens is 284 g/mol. The Morgan fingerprint density at radius 3 is 3.23 bits per heavy atom. The van der Waals surface area contributed by atoms with Crippen molar-refractivity contribution in [1.82, 2.24) is 20.3 Å². The molecule has 2 N–H and O–H groups in total. The third-order valence-electron chi connectivity index (χ3n) is 3.47. The van der Waals surface area contributed by atoms with Gasteiger partial charge in [0, 0.05) is 30.8 Å². The van der Waals surface area contributed by atoms with Crippen LogP contribution in [-0.4, -0.2) is 46.2 Å². The molecule has 2 aromatic heterocycles. The molecule has 1 fully saturated rings. The average Bonchev–Trinajstić information content (AvgIpc) is 3.03. The fourth-order valence-electron chi connectivity index (χ4n) is 2.38. The minimum atomic E-state index is -0.241. The molecule has 0 radical (unpaired) electrons. The van der Waals surface area contributed by atoms with Crippen molar-refractivity contribution < 1.29 is 14.3 Å². The van der Waals surface area contributed by atoms with Gasteiger partial charge in [0.15, 0.2) is 0 Å². The normalized spacial score (nSPS) is 21.3. The van der Waals surface area contributed by atoms with E-state index in [9.17, 15) is 4.79 Å². The highest BCUT2D eigenvalue weighted by molar-refractivity contribution is 5.78. The second-order valence-corrected chi connectivity index (χ2v) is 5.12. The van der Waals surface area contributed by atoms with Crippen LogP contribution in [0.15, 0.2) is 36.9 Å². The van der Waals surface area contributed by atoms with Gasteiger partial charge in [-0.15, -0.1) is 0 Å². The second-order valence-electron chi connectivity index (χ2n) is 5.12. The SMILES string of the molecule is O=C(Cc1cnc[nH]1)N[C@@H]1CCOC[C@H]1Oc1ccccn1. The lowest BCUT2D eigenvalue weighted by Gasteiger charge is -2.32. The molecule has 3 rings (SSSR count). The topological polar surface area (TPSA) is 89.1 Å². The number of nitrogens with zero attached hydrogens (tertiary/aromatic N) is 2. The van der Waals surface area contributed by atoms with Crippen LogP contribution >= 0.6 is 0 Å². The summed E-state index contributed by atoms with van der Waals surface area (Å²) in [6.45, 7) is 1.04. The van der Waals surface area contributed by atoms with Crippen molar-refractivity contribution in [3.05, 3.63) is 42.6 Å². The molecule has 3 heterocycles. The van der Waals surface area contributed by atoms with E-state index in [0.717, 1.165) is 5.69 Å². The summed E-state index contributed by atoms with van der Waals surface area (Å²) in [5, 5.41) is 3.01. The number of aromatic nitrogens is 3. The van der Waals surface area contributed by atoms with E-state index in [2.05, 4.69) is 20.3 Å². The first-order chi connectivity index (χ1) is 10.8. The van der Waals surface area contributed by atoms with E-state index >= 15 is 0 Å². The van der Waals surface area contributed by atoms with Gasteiger partial charge >= 0.3 is 0 Å². The van der Waals surface area contributed by atoms with E-state index < -0.39 is 0 Å². The standard InChI is InChI=1S/C15H18N4O3/c20-14(7-11-8-16-10-18-11)19-12-4-6-21-9-13(12)22-15-3-1-2-5-17-15/h1-3,5,8,10,12-13H,4,6-7,9H2,(H,16,18)(H,19,20)/t12-,13-/m1/s1. The van der Waals surface area contributed by atoms with Crippen molar-refractivity contribution in [2.24, 2.45) is 0 Å². The molecule has 1 saturated heterocycles. The molecular formula is C15H18N4O3. The molecule has 116 valence electrons. The number of hydrogen-bond donors (Lipinski definition) is 2. The Labute approximate surface area is 128 Å². The van der Waals surface area contributed by atoms with Gasteiger partial charge in [0.1, 0.15) is 6.10 Å². The van der Waals surface area contributed by atoms with Crippen molar-refractivity contribution in [1.29, 1.82) is 0 Å². The molecule has 0 aliphatic carbocycles. The molecule has 7 heteroatoms. The Morgan fingerprint density at radius 1 is 1.50 bits per heavy atom. The molecule has 0 spiro atoms. The first kappa shape index (κ1) is 14.5. The molecule has 2 aromatic rings. The largest absolute Gasteiger partial charge is 0.470 e. The number of nitrogens with one attached hydrogen (secondary N) is 2. The highest BCUT2D eigenvalue weighted by Gasteiger charge is 2.29. The maximum atomic E-state index is 12.1. The summed E-state index contributed by atoms with van der Waals surface area (Å²) in [5.74, 6) is 0.469.